The van der Waals surface area contributed by atoms with Crippen molar-refractivity contribution in [3.05, 3.63) is 181 Å². The molecule has 6 heteroatoms. The summed E-state index contributed by atoms with van der Waals surface area (Å²) in [7, 11) is 2.15. The smallest absolute Gasteiger partial charge is 0.150 e. The number of rotatable bonds is 4. The number of furan rings is 1. The zero-order chi connectivity index (χ0) is 35.0. The molecule has 0 spiro atoms. The minimum absolute atomic E-state index is 0.325. The third kappa shape index (κ3) is 4.42. The molecule has 252 valence electrons. The van der Waals surface area contributed by atoms with Crippen LogP contribution in [0, 0.1) is 0 Å². The van der Waals surface area contributed by atoms with Gasteiger partial charge >= 0.3 is 0 Å². The first-order valence-corrected chi connectivity index (χ1v) is 18.0. The van der Waals surface area contributed by atoms with Crippen molar-refractivity contribution in [2.45, 2.75) is 6.17 Å². The number of nitrogens with one attached hydrogen (secondary N) is 1. The molecule has 0 saturated heterocycles. The van der Waals surface area contributed by atoms with Crippen molar-refractivity contribution in [1.29, 1.82) is 0 Å². The molecule has 7 aromatic carbocycles. The van der Waals surface area contributed by atoms with E-state index in [1.54, 1.807) is 0 Å². The first-order valence-electron chi connectivity index (χ1n) is 18.0. The van der Waals surface area contributed by atoms with Gasteiger partial charge < -0.3 is 19.2 Å². The van der Waals surface area contributed by atoms with E-state index in [0.29, 0.717) is 0 Å². The number of aromatic nitrogens is 2. The predicted molar refractivity (Wildman–Crippen MR) is 218 cm³/mol. The SMILES string of the molecule is CN1C(n2c3ccccc3c3ccc4c5ccccc5n(-c5ccccc5)c4c32)=CNC(c2ccc3c(c2)oc2ccccc23)=NC1c1ccccc1. The summed E-state index contributed by atoms with van der Waals surface area (Å²) in [5, 5.41) is 10.7. The Kier molecular flexibility index (Phi) is 6.43. The summed E-state index contributed by atoms with van der Waals surface area (Å²) in [6.07, 6.45) is 1.79. The van der Waals surface area contributed by atoms with Crippen molar-refractivity contribution in [2.24, 2.45) is 4.99 Å². The highest BCUT2D eigenvalue weighted by Gasteiger charge is 2.28. The van der Waals surface area contributed by atoms with Gasteiger partial charge in [-0.05, 0) is 48.0 Å². The van der Waals surface area contributed by atoms with Gasteiger partial charge in [0.15, 0.2) is 0 Å². The molecule has 0 aliphatic carbocycles. The van der Waals surface area contributed by atoms with Crippen molar-refractivity contribution in [3.63, 3.8) is 0 Å². The zero-order valence-electron chi connectivity index (χ0n) is 28.9. The van der Waals surface area contributed by atoms with Crippen LogP contribution < -0.4 is 5.32 Å². The van der Waals surface area contributed by atoms with E-state index in [1.165, 1.54) is 27.1 Å². The Morgan fingerprint density at radius 1 is 0.528 bits per heavy atom. The topological polar surface area (TPSA) is 50.6 Å². The molecule has 10 aromatic rings. The fourth-order valence-electron chi connectivity index (χ4n) is 8.37. The number of fused-ring (bicyclic) bond motifs is 10. The summed E-state index contributed by atoms with van der Waals surface area (Å²) in [4.78, 5) is 7.75. The Bertz CT molecular complexity index is 3110. The largest absolute Gasteiger partial charge is 0.456 e. The third-order valence-electron chi connectivity index (χ3n) is 10.8. The second kappa shape index (κ2) is 11.5. The van der Waals surface area contributed by atoms with Gasteiger partial charge in [-0.15, -0.1) is 0 Å². The highest BCUT2D eigenvalue weighted by Crippen LogP contribution is 2.43. The summed E-state index contributed by atoms with van der Waals surface area (Å²) in [5.41, 5.74) is 9.49. The van der Waals surface area contributed by atoms with Crippen molar-refractivity contribution in [3.8, 4) is 5.69 Å². The Morgan fingerprint density at radius 2 is 1.09 bits per heavy atom. The molecule has 1 atom stereocenters. The first-order chi connectivity index (χ1) is 26.2. The molecule has 0 bridgehead atoms. The summed E-state index contributed by atoms with van der Waals surface area (Å²) in [6.45, 7) is 0. The number of nitrogens with zero attached hydrogens (tertiary/aromatic N) is 4. The van der Waals surface area contributed by atoms with Gasteiger partial charge in [-0.1, -0.05) is 121 Å². The molecule has 4 heterocycles. The molecular formula is C47H33N5O. The molecule has 3 aromatic heterocycles. The van der Waals surface area contributed by atoms with Crippen LogP contribution in [0.25, 0.3) is 77.1 Å². The summed E-state index contributed by atoms with van der Waals surface area (Å²) in [6, 6.07) is 57.9. The molecule has 0 radical (unpaired) electrons. The maximum absolute atomic E-state index is 6.32. The minimum Gasteiger partial charge on any atom is -0.456 e. The number of hydrogen-bond donors (Lipinski definition) is 1. The molecule has 1 unspecified atom stereocenters. The Balaban J connectivity index is 1.19. The second-order valence-corrected chi connectivity index (χ2v) is 13.7. The minimum atomic E-state index is -0.325. The van der Waals surface area contributed by atoms with E-state index in [1.807, 2.05) is 12.1 Å². The van der Waals surface area contributed by atoms with Crippen LogP contribution in [0.1, 0.15) is 17.3 Å². The Morgan fingerprint density at radius 3 is 1.83 bits per heavy atom. The van der Waals surface area contributed by atoms with Gasteiger partial charge in [0.1, 0.15) is 29.0 Å². The highest BCUT2D eigenvalue weighted by molar-refractivity contribution is 6.24. The lowest BCUT2D eigenvalue weighted by molar-refractivity contribution is 0.356. The van der Waals surface area contributed by atoms with E-state index >= 15 is 0 Å². The van der Waals surface area contributed by atoms with E-state index in [-0.39, 0.29) is 6.17 Å². The normalized spacial score (nSPS) is 15.0. The van der Waals surface area contributed by atoms with Gasteiger partial charge in [0.25, 0.3) is 0 Å². The van der Waals surface area contributed by atoms with Crippen LogP contribution in [0.3, 0.4) is 0 Å². The van der Waals surface area contributed by atoms with E-state index in [2.05, 4.69) is 184 Å². The van der Waals surface area contributed by atoms with E-state index in [9.17, 15) is 0 Å². The van der Waals surface area contributed by atoms with Crippen LogP contribution in [-0.4, -0.2) is 26.9 Å². The molecule has 1 N–H and O–H groups in total. The molecule has 0 saturated carbocycles. The van der Waals surface area contributed by atoms with Gasteiger partial charge in [-0.2, -0.15) is 0 Å². The quantitative estimate of drug-likeness (QED) is 0.201. The number of aliphatic imine (C=N–C) groups is 1. The number of amidine groups is 1. The zero-order valence-corrected chi connectivity index (χ0v) is 28.9. The Hall–Kier alpha value is -7.05. The lowest BCUT2D eigenvalue weighted by atomic mass is 10.1. The van der Waals surface area contributed by atoms with Crippen LogP contribution in [-0.2, 0) is 0 Å². The summed E-state index contributed by atoms with van der Waals surface area (Å²) < 4.78 is 11.2. The molecular weight excluding hydrogens is 651 g/mol. The highest BCUT2D eigenvalue weighted by atomic mass is 16.3. The van der Waals surface area contributed by atoms with Crippen molar-refractivity contribution in [1.82, 2.24) is 19.4 Å². The van der Waals surface area contributed by atoms with Crippen LogP contribution in [0.2, 0.25) is 0 Å². The molecule has 0 fully saturated rings. The van der Waals surface area contributed by atoms with Crippen LogP contribution in [0.5, 0.6) is 0 Å². The van der Waals surface area contributed by atoms with Gasteiger partial charge in [0.05, 0.1) is 22.1 Å². The maximum atomic E-state index is 6.32. The lowest BCUT2D eigenvalue weighted by Gasteiger charge is -2.29. The van der Waals surface area contributed by atoms with Crippen LogP contribution in [0.4, 0.5) is 0 Å². The van der Waals surface area contributed by atoms with E-state index in [4.69, 9.17) is 9.41 Å². The van der Waals surface area contributed by atoms with Crippen molar-refractivity contribution >= 4 is 77.2 Å². The number of hydrogen-bond acceptors (Lipinski definition) is 4. The van der Waals surface area contributed by atoms with Gasteiger partial charge in [0.2, 0.25) is 0 Å². The summed E-state index contributed by atoms with van der Waals surface area (Å²) in [5.74, 6) is 1.75. The van der Waals surface area contributed by atoms with E-state index in [0.717, 1.165) is 67.0 Å². The fraction of sp³-hybridized carbons (Fsp3) is 0.0426. The third-order valence-corrected chi connectivity index (χ3v) is 10.8. The van der Waals surface area contributed by atoms with Crippen molar-refractivity contribution < 1.29 is 4.42 Å². The number of benzene rings is 7. The first kappa shape index (κ1) is 29.7. The maximum Gasteiger partial charge on any atom is 0.150 e. The Labute approximate surface area is 305 Å². The molecule has 1 aliphatic rings. The molecule has 11 rings (SSSR count). The van der Waals surface area contributed by atoms with Crippen LogP contribution >= 0.6 is 0 Å². The lowest BCUT2D eigenvalue weighted by Crippen LogP contribution is -2.24. The number of para-hydroxylation sites is 4. The summed E-state index contributed by atoms with van der Waals surface area (Å²) >= 11 is 0. The van der Waals surface area contributed by atoms with E-state index < -0.39 is 0 Å². The second-order valence-electron chi connectivity index (χ2n) is 13.7. The molecule has 0 amide bonds. The van der Waals surface area contributed by atoms with Gasteiger partial charge in [-0.25, -0.2) is 4.99 Å². The van der Waals surface area contributed by atoms with Crippen LogP contribution in [0.15, 0.2) is 179 Å². The molecule has 53 heavy (non-hydrogen) atoms. The van der Waals surface area contributed by atoms with Gasteiger partial charge in [0, 0.05) is 56.8 Å². The molecule has 1 aliphatic heterocycles. The van der Waals surface area contributed by atoms with Crippen molar-refractivity contribution in [2.75, 3.05) is 7.05 Å². The standard InChI is InChI=1S/C47H33N5O/c1-50-43(29-48-46(49-47(50)30-14-4-2-5-15-30)31-24-25-36-35-20-10-13-23-41(35)53-42(36)28-31)52-40-22-12-9-19-34(40)38-27-26-37-33-18-8-11-21-39(33)51(44(37)45(38)52)32-16-6-3-7-17-32/h2-29,47H,1H3,(H,48,49). The average molecular weight is 684 g/mol. The monoisotopic (exact) mass is 683 g/mol. The average Bonchev–Trinajstić information content (AvgIpc) is 3.83. The predicted octanol–water partition coefficient (Wildman–Crippen LogP) is 11.2. The molecule has 6 nitrogen and oxygen atoms in total. The fourth-order valence-corrected chi connectivity index (χ4v) is 8.37. The van der Waals surface area contributed by atoms with Gasteiger partial charge in [-0.3, -0.25) is 4.57 Å².